The van der Waals surface area contributed by atoms with Gasteiger partial charge in [-0.1, -0.05) is 42.5 Å². The normalized spacial score (nSPS) is 28.5. The van der Waals surface area contributed by atoms with Crippen molar-refractivity contribution >= 4 is 0 Å². The van der Waals surface area contributed by atoms with Gasteiger partial charge in [0.1, 0.15) is 0 Å². The average molecular weight is 213 g/mol. The molecule has 1 aromatic rings. The van der Waals surface area contributed by atoms with Crippen LogP contribution in [-0.4, -0.2) is 23.5 Å². The minimum absolute atomic E-state index is 0.738. The number of benzene rings is 1. The number of rotatable bonds is 3. The number of nitrogens with zero attached hydrogens (tertiary/aromatic N) is 1. The fourth-order valence-electron chi connectivity index (χ4n) is 3.07. The van der Waals surface area contributed by atoms with Crippen LogP contribution in [0, 0.1) is 0 Å². The Balaban J connectivity index is 1.62. The van der Waals surface area contributed by atoms with Crippen molar-refractivity contribution in [2.75, 3.05) is 6.54 Å². The highest BCUT2D eigenvalue weighted by Crippen LogP contribution is 2.31. The lowest BCUT2D eigenvalue weighted by Gasteiger charge is -2.31. The molecule has 0 spiro atoms. The molecule has 84 valence electrons. The summed E-state index contributed by atoms with van der Waals surface area (Å²) in [5.41, 5.74) is 1.47. The first-order valence-electron chi connectivity index (χ1n) is 6.40. The van der Waals surface area contributed by atoms with Crippen LogP contribution in [0.1, 0.15) is 24.8 Å². The van der Waals surface area contributed by atoms with Crippen molar-refractivity contribution < 1.29 is 0 Å². The van der Waals surface area contributed by atoms with Crippen molar-refractivity contribution in [1.82, 2.24) is 4.90 Å². The SMILES string of the molecule is C1=CC2CCC(C1)N2CCc1ccccc1. The summed E-state index contributed by atoms with van der Waals surface area (Å²) in [6.45, 7) is 1.23. The number of fused-ring (bicyclic) bond motifs is 2. The van der Waals surface area contributed by atoms with Gasteiger partial charge in [-0.25, -0.2) is 0 Å². The molecule has 2 unspecified atom stereocenters. The molecular formula is C15H19N. The van der Waals surface area contributed by atoms with Crippen molar-refractivity contribution in [3.63, 3.8) is 0 Å². The second-order valence-electron chi connectivity index (χ2n) is 4.94. The van der Waals surface area contributed by atoms with E-state index in [0.29, 0.717) is 0 Å². The summed E-state index contributed by atoms with van der Waals surface area (Å²) >= 11 is 0. The van der Waals surface area contributed by atoms with Crippen LogP contribution in [0.25, 0.3) is 0 Å². The molecule has 0 saturated carbocycles. The van der Waals surface area contributed by atoms with E-state index in [0.717, 1.165) is 12.1 Å². The third-order valence-corrected chi connectivity index (χ3v) is 3.96. The average Bonchev–Trinajstić information content (AvgIpc) is 2.57. The Morgan fingerprint density at radius 1 is 1.12 bits per heavy atom. The lowest BCUT2D eigenvalue weighted by atomic mass is 10.1. The van der Waals surface area contributed by atoms with E-state index in [1.54, 1.807) is 0 Å². The molecule has 1 heteroatoms. The summed E-state index contributed by atoms with van der Waals surface area (Å²) in [5.74, 6) is 0. The molecule has 2 heterocycles. The van der Waals surface area contributed by atoms with Crippen molar-refractivity contribution in [3.05, 3.63) is 48.0 Å². The highest BCUT2D eigenvalue weighted by Gasteiger charge is 2.32. The second-order valence-corrected chi connectivity index (χ2v) is 4.94. The molecule has 0 amide bonds. The Labute approximate surface area is 97.8 Å². The molecule has 0 radical (unpaired) electrons. The van der Waals surface area contributed by atoms with Gasteiger partial charge in [0.25, 0.3) is 0 Å². The maximum atomic E-state index is 2.70. The van der Waals surface area contributed by atoms with Gasteiger partial charge in [0.05, 0.1) is 0 Å². The summed E-state index contributed by atoms with van der Waals surface area (Å²) in [4.78, 5) is 2.70. The van der Waals surface area contributed by atoms with Crippen molar-refractivity contribution in [3.8, 4) is 0 Å². The minimum Gasteiger partial charge on any atom is -0.293 e. The molecule has 0 N–H and O–H groups in total. The Hall–Kier alpha value is -1.08. The fourth-order valence-corrected chi connectivity index (χ4v) is 3.07. The molecule has 0 aliphatic carbocycles. The Morgan fingerprint density at radius 2 is 2.00 bits per heavy atom. The molecular weight excluding hydrogens is 194 g/mol. The third kappa shape index (κ3) is 1.92. The van der Waals surface area contributed by atoms with E-state index in [9.17, 15) is 0 Å². The van der Waals surface area contributed by atoms with Crippen LogP contribution in [0.5, 0.6) is 0 Å². The lowest BCUT2D eigenvalue weighted by molar-refractivity contribution is 0.212. The zero-order valence-electron chi connectivity index (χ0n) is 9.68. The van der Waals surface area contributed by atoms with E-state index in [1.165, 1.54) is 37.8 Å². The van der Waals surface area contributed by atoms with Crippen LogP contribution in [0.3, 0.4) is 0 Å². The number of hydrogen-bond donors (Lipinski definition) is 0. The largest absolute Gasteiger partial charge is 0.293 e. The van der Waals surface area contributed by atoms with Crippen LogP contribution >= 0.6 is 0 Å². The summed E-state index contributed by atoms with van der Waals surface area (Å²) < 4.78 is 0. The van der Waals surface area contributed by atoms with Gasteiger partial charge in [0.2, 0.25) is 0 Å². The fraction of sp³-hybridized carbons (Fsp3) is 0.467. The molecule has 2 atom stereocenters. The van der Waals surface area contributed by atoms with Gasteiger partial charge in [0, 0.05) is 18.6 Å². The molecule has 1 saturated heterocycles. The van der Waals surface area contributed by atoms with E-state index in [2.05, 4.69) is 47.4 Å². The monoisotopic (exact) mass is 213 g/mol. The first-order chi connectivity index (χ1) is 7.93. The topological polar surface area (TPSA) is 3.24 Å². The lowest BCUT2D eigenvalue weighted by Crippen LogP contribution is -2.38. The van der Waals surface area contributed by atoms with Gasteiger partial charge in [-0.3, -0.25) is 4.90 Å². The second kappa shape index (κ2) is 4.42. The summed E-state index contributed by atoms with van der Waals surface area (Å²) in [6, 6.07) is 12.4. The van der Waals surface area contributed by atoms with Crippen LogP contribution in [0.4, 0.5) is 0 Å². The van der Waals surface area contributed by atoms with E-state index in [-0.39, 0.29) is 0 Å². The van der Waals surface area contributed by atoms with E-state index in [4.69, 9.17) is 0 Å². The van der Waals surface area contributed by atoms with Crippen LogP contribution in [0.15, 0.2) is 42.5 Å². The molecule has 1 fully saturated rings. The van der Waals surface area contributed by atoms with Gasteiger partial charge in [-0.05, 0) is 31.2 Å². The third-order valence-electron chi connectivity index (χ3n) is 3.96. The van der Waals surface area contributed by atoms with Crippen LogP contribution < -0.4 is 0 Å². The van der Waals surface area contributed by atoms with E-state index >= 15 is 0 Å². The maximum absolute atomic E-state index is 2.70. The van der Waals surface area contributed by atoms with Crippen LogP contribution in [0.2, 0.25) is 0 Å². The van der Waals surface area contributed by atoms with Crippen molar-refractivity contribution in [1.29, 1.82) is 0 Å². The summed E-state index contributed by atoms with van der Waals surface area (Å²) in [6.07, 6.45) is 10.0. The molecule has 1 aromatic carbocycles. The zero-order valence-corrected chi connectivity index (χ0v) is 9.68. The summed E-state index contributed by atoms with van der Waals surface area (Å²) in [5, 5.41) is 0. The summed E-state index contributed by atoms with van der Waals surface area (Å²) in [7, 11) is 0. The predicted octanol–water partition coefficient (Wildman–Crippen LogP) is 3.02. The molecule has 1 nitrogen and oxygen atoms in total. The van der Waals surface area contributed by atoms with Crippen molar-refractivity contribution in [2.45, 2.75) is 37.8 Å². The smallest absolute Gasteiger partial charge is 0.0281 e. The Morgan fingerprint density at radius 3 is 2.81 bits per heavy atom. The highest BCUT2D eigenvalue weighted by atomic mass is 15.2. The Bertz CT molecular complexity index is 368. The molecule has 16 heavy (non-hydrogen) atoms. The first-order valence-corrected chi connectivity index (χ1v) is 6.40. The predicted molar refractivity (Wildman–Crippen MR) is 67.4 cm³/mol. The minimum atomic E-state index is 0.738. The van der Waals surface area contributed by atoms with Gasteiger partial charge in [-0.15, -0.1) is 0 Å². The van der Waals surface area contributed by atoms with E-state index in [1.807, 2.05) is 0 Å². The quantitative estimate of drug-likeness (QED) is 0.698. The molecule has 0 aromatic heterocycles. The molecule has 2 bridgehead atoms. The molecule has 2 aliphatic rings. The van der Waals surface area contributed by atoms with Gasteiger partial charge >= 0.3 is 0 Å². The maximum Gasteiger partial charge on any atom is 0.0281 e. The van der Waals surface area contributed by atoms with E-state index < -0.39 is 0 Å². The Kier molecular flexibility index (Phi) is 2.79. The van der Waals surface area contributed by atoms with Gasteiger partial charge in [-0.2, -0.15) is 0 Å². The van der Waals surface area contributed by atoms with Crippen molar-refractivity contribution in [2.24, 2.45) is 0 Å². The molecule has 2 aliphatic heterocycles. The van der Waals surface area contributed by atoms with Gasteiger partial charge in [0.15, 0.2) is 0 Å². The van der Waals surface area contributed by atoms with Crippen LogP contribution in [-0.2, 0) is 6.42 Å². The zero-order chi connectivity index (χ0) is 10.8. The highest BCUT2D eigenvalue weighted by molar-refractivity contribution is 5.16. The standard InChI is InChI=1S/C15H19N/c1-2-5-13(6-3-1)11-12-16-14-7-4-8-15(16)10-9-14/h1-7,14-15H,8-12H2. The first kappa shape index (κ1) is 10.1. The van der Waals surface area contributed by atoms with Gasteiger partial charge < -0.3 is 0 Å². The molecule has 3 rings (SSSR count). The number of hydrogen-bond acceptors (Lipinski definition) is 1.